The van der Waals surface area contributed by atoms with Crippen molar-refractivity contribution in [3.05, 3.63) is 46.6 Å². The molecule has 0 aliphatic rings. The predicted octanol–water partition coefficient (Wildman–Crippen LogP) is 3.47. The first-order chi connectivity index (χ1) is 10.5. The number of nitrogens with zero attached hydrogens (tertiary/aromatic N) is 2. The average Bonchev–Trinajstić information content (AvgIpc) is 2.47. The molecule has 1 aromatic heterocycles. The Hall–Kier alpha value is -1.98. The van der Waals surface area contributed by atoms with Crippen LogP contribution in [-0.4, -0.2) is 31.6 Å². The van der Waals surface area contributed by atoms with Crippen LogP contribution in [0.1, 0.15) is 0 Å². The minimum atomic E-state index is -0.180. The molecule has 0 unspecified atom stereocenters. The fraction of sp³-hybridized carbons (Fsp3) is 0.200. The maximum atomic E-state index is 12.0. The van der Waals surface area contributed by atoms with Crippen LogP contribution in [0.4, 0.5) is 11.5 Å². The highest BCUT2D eigenvalue weighted by atomic mass is 35.5. The van der Waals surface area contributed by atoms with E-state index >= 15 is 0 Å². The van der Waals surface area contributed by atoms with Crippen LogP contribution in [0, 0.1) is 0 Å². The van der Waals surface area contributed by atoms with Crippen LogP contribution in [0.2, 0.25) is 10.0 Å². The van der Waals surface area contributed by atoms with Gasteiger partial charge in [-0.3, -0.25) is 4.79 Å². The summed E-state index contributed by atoms with van der Waals surface area (Å²) in [6, 6.07) is 8.67. The van der Waals surface area contributed by atoms with E-state index in [0.29, 0.717) is 21.6 Å². The zero-order valence-corrected chi connectivity index (χ0v) is 13.6. The van der Waals surface area contributed by atoms with E-state index in [0.717, 1.165) is 5.75 Å². The topological polar surface area (TPSA) is 54.5 Å². The quantitative estimate of drug-likeness (QED) is 0.906. The third-order valence-corrected chi connectivity index (χ3v) is 3.39. The number of nitrogens with one attached hydrogen (secondary N) is 1. The fourth-order valence-electron chi connectivity index (χ4n) is 1.85. The molecular weight excluding hydrogens is 325 g/mol. The largest absolute Gasteiger partial charge is 0.497 e. The van der Waals surface area contributed by atoms with Crippen LogP contribution in [0.5, 0.6) is 5.75 Å². The van der Waals surface area contributed by atoms with E-state index in [1.165, 1.54) is 6.20 Å². The second-order valence-electron chi connectivity index (χ2n) is 4.59. The van der Waals surface area contributed by atoms with Gasteiger partial charge >= 0.3 is 0 Å². The van der Waals surface area contributed by atoms with Crippen molar-refractivity contribution in [1.82, 2.24) is 4.98 Å². The number of anilines is 2. The maximum Gasteiger partial charge on any atom is 0.243 e. The van der Waals surface area contributed by atoms with Gasteiger partial charge in [-0.15, -0.1) is 0 Å². The number of benzene rings is 1. The van der Waals surface area contributed by atoms with Crippen molar-refractivity contribution in [2.75, 3.05) is 30.9 Å². The molecule has 2 aromatic rings. The highest BCUT2D eigenvalue weighted by molar-refractivity contribution is 6.36. The summed E-state index contributed by atoms with van der Waals surface area (Å²) in [4.78, 5) is 17.8. The molecule has 2 rings (SSSR count). The first-order valence-electron chi connectivity index (χ1n) is 6.45. The minimum absolute atomic E-state index is 0.111. The lowest BCUT2D eigenvalue weighted by Gasteiger charge is -2.18. The molecule has 7 heteroatoms. The summed E-state index contributed by atoms with van der Waals surface area (Å²) in [6.45, 7) is 0.111. The van der Waals surface area contributed by atoms with E-state index in [2.05, 4.69) is 10.3 Å². The molecule has 0 saturated heterocycles. The number of ether oxygens (including phenoxy) is 1. The number of carbonyl (C=O) groups excluding carboxylic acids is 1. The molecule has 1 heterocycles. The molecule has 1 N–H and O–H groups in total. The summed E-state index contributed by atoms with van der Waals surface area (Å²) in [5.41, 5.74) is 0.689. The monoisotopic (exact) mass is 339 g/mol. The smallest absolute Gasteiger partial charge is 0.243 e. The molecule has 1 aromatic carbocycles. The number of hydrogen-bond donors (Lipinski definition) is 1. The van der Waals surface area contributed by atoms with E-state index in [-0.39, 0.29) is 12.5 Å². The van der Waals surface area contributed by atoms with E-state index in [1.807, 2.05) is 0 Å². The molecule has 0 fully saturated rings. The Morgan fingerprint density at radius 1 is 1.32 bits per heavy atom. The van der Waals surface area contributed by atoms with Gasteiger partial charge in [0.1, 0.15) is 11.6 Å². The number of amides is 1. The Kier molecular flexibility index (Phi) is 5.46. The number of rotatable bonds is 5. The number of aromatic nitrogens is 1. The second-order valence-corrected chi connectivity index (χ2v) is 5.44. The molecule has 1 amide bonds. The molecule has 0 aliphatic carbocycles. The molecule has 0 bridgehead atoms. The number of likely N-dealkylation sites (N-methyl/N-ethyl adjacent to an activating group) is 1. The summed E-state index contributed by atoms with van der Waals surface area (Å²) in [5, 5.41) is 3.64. The Bertz CT molecular complexity index is 662. The van der Waals surface area contributed by atoms with Crippen LogP contribution in [-0.2, 0) is 4.79 Å². The number of methoxy groups -OCH3 is 1. The van der Waals surface area contributed by atoms with Crippen LogP contribution in [0.25, 0.3) is 0 Å². The van der Waals surface area contributed by atoms with Crippen LogP contribution >= 0.6 is 23.2 Å². The van der Waals surface area contributed by atoms with E-state index in [4.69, 9.17) is 27.9 Å². The van der Waals surface area contributed by atoms with Crippen molar-refractivity contribution >= 4 is 40.6 Å². The molecule has 0 saturated carbocycles. The molecular formula is C15H15Cl2N3O2. The maximum absolute atomic E-state index is 12.0. The molecule has 116 valence electrons. The van der Waals surface area contributed by atoms with Crippen molar-refractivity contribution in [3.63, 3.8) is 0 Å². The molecule has 5 nitrogen and oxygen atoms in total. The van der Waals surface area contributed by atoms with Crippen molar-refractivity contribution in [2.24, 2.45) is 0 Å². The summed E-state index contributed by atoms with van der Waals surface area (Å²) in [5.74, 6) is 1.05. The van der Waals surface area contributed by atoms with Crippen LogP contribution < -0.4 is 15.0 Å². The summed E-state index contributed by atoms with van der Waals surface area (Å²) >= 11 is 11.9. The third kappa shape index (κ3) is 4.26. The predicted molar refractivity (Wildman–Crippen MR) is 89.2 cm³/mol. The van der Waals surface area contributed by atoms with Gasteiger partial charge in [0.25, 0.3) is 0 Å². The van der Waals surface area contributed by atoms with Gasteiger partial charge in [-0.2, -0.15) is 0 Å². The van der Waals surface area contributed by atoms with Gasteiger partial charge < -0.3 is 15.0 Å². The van der Waals surface area contributed by atoms with Gasteiger partial charge in [-0.05, 0) is 30.3 Å². The van der Waals surface area contributed by atoms with Gasteiger partial charge in [-0.25, -0.2) is 4.98 Å². The first-order valence-corrected chi connectivity index (χ1v) is 7.21. The summed E-state index contributed by atoms with van der Waals surface area (Å²) < 4.78 is 5.06. The SMILES string of the molecule is COc1ccc(NC(=O)CN(C)c2ncc(Cl)cc2Cl)cc1. The lowest BCUT2D eigenvalue weighted by molar-refractivity contribution is -0.114. The Labute approximate surface area is 138 Å². The standard InChI is InChI=1S/C15H15Cl2N3O2/c1-20(15-13(17)7-10(16)8-18-15)9-14(21)19-11-3-5-12(22-2)6-4-11/h3-8H,9H2,1-2H3,(H,19,21). The fourth-order valence-corrected chi connectivity index (χ4v) is 2.38. The normalized spacial score (nSPS) is 10.2. The summed E-state index contributed by atoms with van der Waals surface area (Å²) in [7, 11) is 3.32. The molecule has 0 spiro atoms. The van der Waals surface area contributed by atoms with E-state index in [1.54, 1.807) is 49.4 Å². The van der Waals surface area contributed by atoms with E-state index < -0.39 is 0 Å². The van der Waals surface area contributed by atoms with Crippen molar-refractivity contribution in [1.29, 1.82) is 0 Å². The van der Waals surface area contributed by atoms with Gasteiger partial charge in [-0.1, -0.05) is 23.2 Å². The zero-order chi connectivity index (χ0) is 16.1. The number of halogens is 2. The lowest BCUT2D eigenvalue weighted by Crippen LogP contribution is -2.30. The molecule has 0 radical (unpaired) electrons. The minimum Gasteiger partial charge on any atom is -0.497 e. The molecule has 0 atom stereocenters. The first kappa shape index (κ1) is 16.4. The second kappa shape index (κ2) is 7.33. The Morgan fingerprint density at radius 2 is 2.00 bits per heavy atom. The highest BCUT2D eigenvalue weighted by Crippen LogP contribution is 2.25. The van der Waals surface area contributed by atoms with Crippen LogP contribution in [0.3, 0.4) is 0 Å². The lowest BCUT2D eigenvalue weighted by atomic mass is 10.3. The highest BCUT2D eigenvalue weighted by Gasteiger charge is 2.12. The average molecular weight is 340 g/mol. The van der Waals surface area contributed by atoms with Gasteiger partial charge in [0.15, 0.2) is 0 Å². The number of carbonyl (C=O) groups is 1. The van der Waals surface area contributed by atoms with E-state index in [9.17, 15) is 4.79 Å². The van der Waals surface area contributed by atoms with Crippen molar-refractivity contribution in [2.45, 2.75) is 0 Å². The van der Waals surface area contributed by atoms with Gasteiger partial charge in [0.2, 0.25) is 5.91 Å². The van der Waals surface area contributed by atoms with Crippen LogP contribution in [0.15, 0.2) is 36.5 Å². The zero-order valence-electron chi connectivity index (χ0n) is 12.1. The molecule has 0 aliphatic heterocycles. The Balaban J connectivity index is 1.98. The summed E-state index contributed by atoms with van der Waals surface area (Å²) in [6.07, 6.45) is 1.49. The third-order valence-electron chi connectivity index (χ3n) is 2.90. The van der Waals surface area contributed by atoms with Crippen molar-refractivity contribution < 1.29 is 9.53 Å². The number of pyridine rings is 1. The molecule has 22 heavy (non-hydrogen) atoms. The number of hydrogen-bond acceptors (Lipinski definition) is 4. The Morgan fingerprint density at radius 3 is 2.59 bits per heavy atom. The van der Waals surface area contributed by atoms with Crippen molar-refractivity contribution in [3.8, 4) is 5.75 Å². The van der Waals surface area contributed by atoms with Gasteiger partial charge in [0, 0.05) is 18.9 Å². The van der Waals surface area contributed by atoms with Gasteiger partial charge in [0.05, 0.1) is 23.7 Å².